The average Bonchev–Trinajstić information content (AvgIpc) is 2.70. The predicted octanol–water partition coefficient (Wildman–Crippen LogP) is 2.65. The number of ether oxygens (including phenoxy) is 1. The third kappa shape index (κ3) is 6.15. The van der Waals surface area contributed by atoms with Crippen LogP contribution in [0, 0.1) is 12.8 Å². The largest absolute Gasteiger partial charge is 0.383 e. The molecule has 1 atom stereocenters. The molecule has 0 aromatic carbocycles. The molecule has 98 valence electrons. The number of aryl methyl sites for hydroxylation is 1. The molecule has 1 heterocycles. The first-order valence-corrected chi connectivity index (χ1v) is 7.24. The van der Waals surface area contributed by atoms with Crippen LogP contribution in [0.25, 0.3) is 0 Å². The highest BCUT2D eigenvalue weighted by Crippen LogP contribution is 2.15. The maximum atomic E-state index is 5.03. The smallest absolute Gasteiger partial charge is 0.0897 e. The van der Waals surface area contributed by atoms with Crippen LogP contribution in [0.3, 0.4) is 0 Å². The molecular weight excluding hydrogens is 232 g/mol. The molecule has 4 heteroatoms. The van der Waals surface area contributed by atoms with Gasteiger partial charge in [-0.25, -0.2) is 4.98 Å². The van der Waals surface area contributed by atoms with Crippen molar-refractivity contribution < 1.29 is 4.74 Å². The first-order valence-electron chi connectivity index (χ1n) is 6.37. The van der Waals surface area contributed by atoms with E-state index in [4.69, 9.17) is 4.74 Å². The highest BCUT2D eigenvalue weighted by atomic mass is 32.1. The predicted molar refractivity (Wildman–Crippen MR) is 73.7 cm³/mol. The van der Waals surface area contributed by atoms with Gasteiger partial charge >= 0.3 is 0 Å². The highest BCUT2D eigenvalue weighted by Gasteiger charge is 2.10. The Balaban J connectivity index is 2.32. The third-order valence-electron chi connectivity index (χ3n) is 2.78. The van der Waals surface area contributed by atoms with E-state index in [-0.39, 0.29) is 0 Å². The van der Waals surface area contributed by atoms with Crippen molar-refractivity contribution in [3.8, 4) is 0 Å². The molecule has 0 amide bonds. The lowest BCUT2D eigenvalue weighted by molar-refractivity contribution is 0.197. The first-order chi connectivity index (χ1) is 8.26. The Morgan fingerprint density at radius 1 is 1.53 bits per heavy atom. The van der Waals surface area contributed by atoms with Crippen LogP contribution in [0.15, 0.2) is 5.38 Å². The Hall–Kier alpha value is -0.450. The molecule has 1 unspecified atom stereocenters. The number of hydrogen-bond acceptors (Lipinski definition) is 4. The standard InChI is InChI=1S/C13H24N2OS/c1-4-5-12(9-14-6-7-16-3)8-13-10-17-11(2)15-13/h10,12,14H,4-9H2,1-3H3. The number of hydrogen-bond donors (Lipinski definition) is 1. The number of nitrogens with zero attached hydrogens (tertiary/aromatic N) is 1. The maximum absolute atomic E-state index is 5.03. The second-order valence-corrected chi connectivity index (χ2v) is 5.48. The van der Waals surface area contributed by atoms with Crippen LogP contribution in [-0.4, -0.2) is 31.8 Å². The molecule has 0 aliphatic carbocycles. The van der Waals surface area contributed by atoms with Gasteiger partial charge in [0.05, 0.1) is 17.3 Å². The molecular formula is C13H24N2OS. The third-order valence-corrected chi connectivity index (χ3v) is 3.60. The van der Waals surface area contributed by atoms with Crippen molar-refractivity contribution in [2.75, 3.05) is 26.8 Å². The molecule has 0 aliphatic rings. The maximum Gasteiger partial charge on any atom is 0.0897 e. The van der Waals surface area contributed by atoms with Crippen LogP contribution in [0.2, 0.25) is 0 Å². The summed E-state index contributed by atoms with van der Waals surface area (Å²) in [5, 5.41) is 6.81. The number of rotatable bonds is 9. The second-order valence-electron chi connectivity index (χ2n) is 4.41. The Labute approximate surface area is 109 Å². The SMILES string of the molecule is CCCC(CNCCOC)Cc1csc(C)n1. The summed E-state index contributed by atoms with van der Waals surface area (Å²) in [5.41, 5.74) is 1.25. The van der Waals surface area contributed by atoms with Gasteiger partial charge in [-0.15, -0.1) is 11.3 Å². The summed E-state index contributed by atoms with van der Waals surface area (Å²) in [6, 6.07) is 0. The van der Waals surface area contributed by atoms with Gasteiger partial charge in [-0.1, -0.05) is 13.3 Å². The van der Waals surface area contributed by atoms with E-state index in [1.165, 1.54) is 23.5 Å². The van der Waals surface area contributed by atoms with E-state index >= 15 is 0 Å². The van der Waals surface area contributed by atoms with E-state index in [2.05, 4.69) is 29.5 Å². The van der Waals surface area contributed by atoms with Crippen molar-refractivity contribution >= 4 is 11.3 Å². The molecule has 1 rings (SSSR count). The van der Waals surface area contributed by atoms with Gasteiger partial charge in [-0.05, 0) is 32.2 Å². The quantitative estimate of drug-likeness (QED) is 0.690. The molecule has 17 heavy (non-hydrogen) atoms. The minimum Gasteiger partial charge on any atom is -0.383 e. The number of aromatic nitrogens is 1. The molecule has 0 spiro atoms. The van der Waals surface area contributed by atoms with Crippen molar-refractivity contribution in [2.24, 2.45) is 5.92 Å². The average molecular weight is 256 g/mol. The Bertz CT molecular complexity index is 301. The number of thiazole rings is 1. The van der Waals surface area contributed by atoms with Crippen molar-refractivity contribution in [1.82, 2.24) is 10.3 Å². The Morgan fingerprint density at radius 3 is 2.94 bits per heavy atom. The monoisotopic (exact) mass is 256 g/mol. The molecule has 0 radical (unpaired) electrons. The van der Waals surface area contributed by atoms with Gasteiger partial charge in [0.15, 0.2) is 0 Å². The van der Waals surface area contributed by atoms with Gasteiger partial charge in [0.2, 0.25) is 0 Å². The Morgan fingerprint density at radius 2 is 2.35 bits per heavy atom. The van der Waals surface area contributed by atoms with Gasteiger partial charge in [-0.3, -0.25) is 0 Å². The van der Waals surface area contributed by atoms with Gasteiger partial charge < -0.3 is 10.1 Å². The molecule has 1 aromatic rings. The fourth-order valence-corrected chi connectivity index (χ4v) is 2.59. The zero-order chi connectivity index (χ0) is 12.5. The topological polar surface area (TPSA) is 34.1 Å². The first kappa shape index (κ1) is 14.6. The van der Waals surface area contributed by atoms with E-state index in [0.717, 1.165) is 26.1 Å². The van der Waals surface area contributed by atoms with Crippen molar-refractivity contribution in [1.29, 1.82) is 0 Å². The normalized spacial score (nSPS) is 12.9. The van der Waals surface area contributed by atoms with Crippen molar-refractivity contribution in [3.63, 3.8) is 0 Å². The summed E-state index contributed by atoms with van der Waals surface area (Å²) < 4.78 is 5.03. The minimum absolute atomic E-state index is 0.693. The van der Waals surface area contributed by atoms with Crippen molar-refractivity contribution in [2.45, 2.75) is 33.1 Å². The molecule has 0 saturated heterocycles. The highest BCUT2D eigenvalue weighted by molar-refractivity contribution is 7.09. The lowest BCUT2D eigenvalue weighted by Gasteiger charge is -2.15. The van der Waals surface area contributed by atoms with Crippen molar-refractivity contribution in [3.05, 3.63) is 16.1 Å². The summed E-state index contributed by atoms with van der Waals surface area (Å²) in [7, 11) is 1.74. The fourth-order valence-electron chi connectivity index (χ4n) is 1.96. The van der Waals surface area contributed by atoms with Crippen LogP contribution in [-0.2, 0) is 11.2 Å². The van der Waals surface area contributed by atoms with Crippen LogP contribution in [0.5, 0.6) is 0 Å². The Kier molecular flexibility index (Phi) is 7.40. The zero-order valence-corrected chi connectivity index (χ0v) is 12.0. The van der Waals surface area contributed by atoms with E-state index < -0.39 is 0 Å². The van der Waals surface area contributed by atoms with E-state index in [1.807, 2.05) is 0 Å². The minimum atomic E-state index is 0.693. The van der Waals surface area contributed by atoms with E-state index in [9.17, 15) is 0 Å². The second kappa shape index (κ2) is 8.61. The summed E-state index contributed by atoms with van der Waals surface area (Å²) in [4.78, 5) is 4.54. The number of nitrogens with one attached hydrogen (secondary N) is 1. The summed E-state index contributed by atoms with van der Waals surface area (Å²) in [6.45, 7) is 7.10. The van der Waals surface area contributed by atoms with Crippen LogP contribution in [0.4, 0.5) is 0 Å². The fraction of sp³-hybridized carbons (Fsp3) is 0.769. The van der Waals surface area contributed by atoms with Gasteiger partial charge in [0.25, 0.3) is 0 Å². The number of methoxy groups -OCH3 is 1. The van der Waals surface area contributed by atoms with E-state index in [1.54, 1.807) is 18.4 Å². The van der Waals surface area contributed by atoms with Crippen LogP contribution < -0.4 is 5.32 Å². The molecule has 1 aromatic heterocycles. The van der Waals surface area contributed by atoms with Crippen LogP contribution in [0.1, 0.15) is 30.5 Å². The molecule has 0 aliphatic heterocycles. The molecule has 1 N–H and O–H groups in total. The van der Waals surface area contributed by atoms with Gasteiger partial charge in [-0.2, -0.15) is 0 Å². The van der Waals surface area contributed by atoms with Gasteiger partial charge in [0.1, 0.15) is 0 Å². The molecule has 3 nitrogen and oxygen atoms in total. The summed E-state index contributed by atoms with van der Waals surface area (Å²) in [6.07, 6.45) is 3.59. The van der Waals surface area contributed by atoms with Crippen LogP contribution >= 0.6 is 11.3 Å². The van der Waals surface area contributed by atoms with E-state index in [0.29, 0.717) is 5.92 Å². The lowest BCUT2D eigenvalue weighted by atomic mass is 9.98. The summed E-state index contributed by atoms with van der Waals surface area (Å²) >= 11 is 1.74. The lowest BCUT2D eigenvalue weighted by Crippen LogP contribution is -2.27. The zero-order valence-electron chi connectivity index (χ0n) is 11.2. The molecule has 0 saturated carbocycles. The summed E-state index contributed by atoms with van der Waals surface area (Å²) in [5.74, 6) is 0.693. The molecule has 0 bridgehead atoms. The molecule has 0 fully saturated rings. The van der Waals surface area contributed by atoms with Gasteiger partial charge in [0, 0.05) is 19.0 Å².